The largest absolute Gasteiger partial charge is 0.463 e. The molecule has 0 N–H and O–H groups in total. The second kappa shape index (κ2) is 12.8. The number of carbonyl (C=O) groups is 4. The van der Waals surface area contributed by atoms with E-state index in [0.29, 0.717) is 18.6 Å². The van der Waals surface area contributed by atoms with Crippen molar-refractivity contribution in [1.29, 1.82) is 0 Å². The van der Waals surface area contributed by atoms with Crippen molar-refractivity contribution < 1.29 is 38.1 Å². The molecule has 4 fully saturated rings. The molecule has 0 aromatic heterocycles. The van der Waals surface area contributed by atoms with Crippen LogP contribution in [-0.4, -0.2) is 42.2 Å². The first kappa shape index (κ1) is 32.5. The third-order valence-electron chi connectivity index (χ3n) is 12.2. The highest BCUT2D eigenvalue weighted by atomic mass is 16.6. The molecule has 4 aliphatic rings. The maximum Gasteiger partial charge on any atom is 0.311 e. The highest BCUT2D eigenvalue weighted by molar-refractivity contribution is 5.72. The zero-order valence-corrected chi connectivity index (χ0v) is 27.2. The van der Waals surface area contributed by atoms with Crippen LogP contribution in [0, 0.1) is 46.3 Å². The molecule has 0 bridgehead atoms. The van der Waals surface area contributed by atoms with Gasteiger partial charge in [-0.1, -0.05) is 39.0 Å². The van der Waals surface area contributed by atoms with Gasteiger partial charge in [0.2, 0.25) is 0 Å². The van der Waals surface area contributed by atoms with Crippen LogP contribution in [0.2, 0.25) is 0 Å². The molecule has 0 spiro atoms. The predicted octanol–water partition coefficient (Wildman–Crippen LogP) is 6.68. The van der Waals surface area contributed by atoms with Gasteiger partial charge in [0.15, 0.2) is 0 Å². The lowest BCUT2D eigenvalue weighted by molar-refractivity contribution is -0.224. The Morgan fingerprint density at radius 1 is 0.841 bits per heavy atom. The molecule has 242 valence electrons. The number of para-hydroxylation sites is 1. The molecule has 11 atom stereocenters. The zero-order valence-electron chi connectivity index (χ0n) is 27.2. The summed E-state index contributed by atoms with van der Waals surface area (Å²) in [7, 11) is 0. The Hall–Kier alpha value is -2.90. The molecule has 4 aliphatic carbocycles. The number of benzene rings is 1. The standard InChI is InChI=1S/C36H50O8/c1-21(12-15-33(40)44-26-10-8-7-9-11-26)28-13-14-29-34-30(20-32(36(28,29)6)43-24(4)39)35(5)17-16-27(41-22(2)37)18-25(35)19-31(34)42-23(3)38/h7-11,21,25,27-32,34H,12-20H2,1-6H3/t21-,25+,27-,28-,29+,30+,31-,32+,34+,35+,36-/m1/s1. The summed E-state index contributed by atoms with van der Waals surface area (Å²) in [6.45, 7) is 11.3. The van der Waals surface area contributed by atoms with Crippen LogP contribution in [0.25, 0.3) is 0 Å². The van der Waals surface area contributed by atoms with Crippen molar-refractivity contribution in [1.82, 2.24) is 0 Å². The highest BCUT2D eigenvalue weighted by Gasteiger charge is 2.67. The molecule has 0 unspecified atom stereocenters. The number of rotatable bonds is 8. The Labute approximate surface area is 261 Å². The van der Waals surface area contributed by atoms with Crippen molar-refractivity contribution in [3.8, 4) is 5.75 Å². The third-order valence-corrected chi connectivity index (χ3v) is 12.2. The predicted molar refractivity (Wildman–Crippen MR) is 163 cm³/mol. The van der Waals surface area contributed by atoms with Crippen molar-refractivity contribution >= 4 is 23.9 Å². The average molecular weight is 611 g/mol. The monoisotopic (exact) mass is 610 g/mol. The lowest BCUT2D eigenvalue weighted by Crippen LogP contribution is -2.63. The number of hydrogen-bond donors (Lipinski definition) is 0. The molecule has 0 aliphatic heterocycles. The zero-order chi connectivity index (χ0) is 31.8. The van der Waals surface area contributed by atoms with Crippen molar-refractivity contribution in [3.05, 3.63) is 30.3 Å². The quantitative estimate of drug-likeness (QED) is 0.182. The summed E-state index contributed by atoms with van der Waals surface area (Å²) >= 11 is 0. The molecule has 0 saturated heterocycles. The fraction of sp³-hybridized carbons (Fsp3) is 0.722. The van der Waals surface area contributed by atoms with Crippen LogP contribution in [-0.2, 0) is 33.4 Å². The molecule has 8 nitrogen and oxygen atoms in total. The van der Waals surface area contributed by atoms with Gasteiger partial charge in [-0.3, -0.25) is 19.2 Å². The van der Waals surface area contributed by atoms with E-state index in [2.05, 4.69) is 20.8 Å². The smallest absolute Gasteiger partial charge is 0.311 e. The number of hydrogen-bond acceptors (Lipinski definition) is 8. The van der Waals surface area contributed by atoms with Crippen LogP contribution >= 0.6 is 0 Å². The summed E-state index contributed by atoms with van der Waals surface area (Å²) < 4.78 is 23.6. The molecule has 8 heteroatoms. The van der Waals surface area contributed by atoms with Crippen molar-refractivity contribution in [2.24, 2.45) is 46.3 Å². The molecule has 1 aromatic carbocycles. The van der Waals surface area contributed by atoms with Gasteiger partial charge in [-0.05, 0) is 98.5 Å². The second-order valence-corrected chi connectivity index (χ2v) is 14.6. The minimum Gasteiger partial charge on any atom is -0.463 e. The Balaban J connectivity index is 1.40. The summed E-state index contributed by atoms with van der Waals surface area (Å²) in [5, 5.41) is 0. The van der Waals surface area contributed by atoms with Gasteiger partial charge >= 0.3 is 23.9 Å². The van der Waals surface area contributed by atoms with Gasteiger partial charge in [0, 0.05) is 38.5 Å². The topological polar surface area (TPSA) is 105 Å². The van der Waals surface area contributed by atoms with Crippen molar-refractivity contribution in [3.63, 3.8) is 0 Å². The Kier molecular flexibility index (Phi) is 9.48. The van der Waals surface area contributed by atoms with Crippen LogP contribution in [0.15, 0.2) is 30.3 Å². The SMILES string of the molecule is CC(=O)O[C@@H]1CC[C@@]2(C)[C@@H](C1)C[C@@H](OC(C)=O)[C@@H]1[C@@H]2C[C@H](OC(C)=O)[C@]2(C)[C@@H]([C@H](C)CCC(=O)Oc3ccccc3)CC[C@@H]12. The normalized spacial score (nSPS) is 38.2. The van der Waals surface area contributed by atoms with Gasteiger partial charge in [-0.15, -0.1) is 0 Å². The van der Waals surface area contributed by atoms with Crippen molar-refractivity contribution in [2.75, 3.05) is 0 Å². The molecular formula is C36H50O8. The minimum atomic E-state index is -0.313. The van der Waals surface area contributed by atoms with Crippen LogP contribution in [0.3, 0.4) is 0 Å². The fourth-order valence-electron chi connectivity index (χ4n) is 10.3. The maximum absolute atomic E-state index is 12.7. The Morgan fingerprint density at radius 2 is 1.52 bits per heavy atom. The van der Waals surface area contributed by atoms with Gasteiger partial charge in [0.05, 0.1) is 0 Å². The minimum absolute atomic E-state index is 0.0391. The van der Waals surface area contributed by atoms with Crippen LogP contribution in [0.5, 0.6) is 5.75 Å². The van der Waals surface area contributed by atoms with Gasteiger partial charge in [-0.2, -0.15) is 0 Å². The number of ether oxygens (including phenoxy) is 4. The van der Waals surface area contributed by atoms with E-state index < -0.39 is 0 Å². The molecular weight excluding hydrogens is 560 g/mol. The first-order valence-corrected chi connectivity index (χ1v) is 16.6. The Bertz CT molecular complexity index is 1230. The molecule has 0 heterocycles. The number of fused-ring (bicyclic) bond motifs is 5. The van der Waals surface area contributed by atoms with Gasteiger partial charge in [0.25, 0.3) is 0 Å². The molecule has 4 saturated carbocycles. The summed E-state index contributed by atoms with van der Waals surface area (Å²) in [4.78, 5) is 49.6. The van der Waals surface area contributed by atoms with E-state index in [4.69, 9.17) is 18.9 Å². The van der Waals surface area contributed by atoms with Gasteiger partial charge in [0.1, 0.15) is 24.1 Å². The van der Waals surface area contributed by atoms with E-state index in [1.54, 1.807) is 12.1 Å². The van der Waals surface area contributed by atoms with E-state index in [-0.39, 0.29) is 88.5 Å². The number of esters is 4. The molecule has 0 radical (unpaired) electrons. The van der Waals surface area contributed by atoms with E-state index >= 15 is 0 Å². The van der Waals surface area contributed by atoms with Crippen LogP contribution < -0.4 is 4.74 Å². The lowest BCUT2D eigenvalue weighted by atomic mass is 9.43. The summed E-state index contributed by atoms with van der Waals surface area (Å²) in [6, 6.07) is 9.14. The first-order valence-electron chi connectivity index (χ1n) is 16.6. The van der Waals surface area contributed by atoms with Gasteiger partial charge in [-0.25, -0.2) is 0 Å². The average Bonchev–Trinajstić information content (AvgIpc) is 3.31. The Morgan fingerprint density at radius 3 is 2.18 bits per heavy atom. The van der Waals surface area contributed by atoms with E-state index in [1.165, 1.54) is 20.8 Å². The first-order chi connectivity index (χ1) is 20.8. The summed E-state index contributed by atoms with van der Waals surface area (Å²) in [5.74, 6) is 0.770. The van der Waals surface area contributed by atoms with Crippen LogP contribution in [0.1, 0.15) is 99.3 Å². The lowest BCUT2D eigenvalue weighted by Gasteiger charge is -2.64. The van der Waals surface area contributed by atoms with Crippen LogP contribution in [0.4, 0.5) is 0 Å². The van der Waals surface area contributed by atoms with Crippen molar-refractivity contribution in [2.45, 2.75) is 118 Å². The van der Waals surface area contributed by atoms with E-state index in [0.717, 1.165) is 44.9 Å². The molecule has 1 aromatic rings. The maximum atomic E-state index is 12.7. The molecule has 0 amide bonds. The number of carbonyl (C=O) groups excluding carboxylic acids is 4. The van der Waals surface area contributed by atoms with E-state index in [1.807, 2.05) is 18.2 Å². The third kappa shape index (κ3) is 6.28. The molecule has 44 heavy (non-hydrogen) atoms. The van der Waals surface area contributed by atoms with E-state index in [9.17, 15) is 19.2 Å². The van der Waals surface area contributed by atoms with Gasteiger partial charge < -0.3 is 18.9 Å². The summed E-state index contributed by atoms with van der Waals surface area (Å²) in [6.07, 6.45) is 6.29. The molecule has 5 rings (SSSR count). The fourth-order valence-corrected chi connectivity index (χ4v) is 10.3. The second-order valence-electron chi connectivity index (χ2n) is 14.6. The highest BCUT2D eigenvalue weighted by Crippen LogP contribution is 2.69. The summed E-state index contributed by atoms with van der Waals surface area (Å²) in [5.41, 5.74) is -0.352.